The maximum absolute atomic E-state index is 11.6. The van der Waals surface area contributed by atoms with Crippen molar-refractivity contribution in [3.63, 3.8) is 0 Å². The van der Waals surface area contributed by atoms with Crippen LogP contribution >= 0.6 is 0 Å². The SMILES string of the molecule is CCC(C)CCCCCCCCC(=O)OCc1cccnc1. The predicted octanol–water partition coefficient (Wildman–Crippen LogP) is 5.29. The largest absolute Gasteiger partial charge is 0.461 e. The fourth-order valence-corrected chi connectivity index (χ4v) is 2.39. The van der Waals surface area contributed by atoms with Crippen LogP contribution in [0.2, 0.25) is 0 Å². The van der Waals surface area contributed by atoms with Gasteiger partial charge in [-0.1, -0.05) is 64.9 Å². The summed E-state index contributed by atoms with van der Waals surface area (Å²) in [6.07, 6.45) is 13.9. The molecule has 1 unspecified atom stereocenters. The van der Waals surface area contributed by atoms with E-state index in [1.807, 2.05) is 12.1 Å². The molecule has 1 heterocycles. The molecule has 0 aliphatic heterocycles. The van der Waals surface area contributed by atoms with E-state index in [9.17, 15) is 4.79 Å². The number of aromatic nitrogens is 1. The Kier molecular flexibility index (Phi) is 10.3. The zero-order valence-corrected chi connectivity index (χ0v) is 14.2. The van der Waals surface area contributed by atoms with E-state index in [2.05, 4.69) is 18.8 Å². The van der Waals surface area contributed by atoms with Crippen molar-refractivity contribution in [2.24, 2.45) is 5.92 Å². The van der Waals surface area contributed by atoms with E-state index in [4.69, 9.17) is 4.74 Å². The monoisotopic (exact) mass is 305 g/mol. The summed E-state index contributed by atoms with van der Waals surface area (Å²) in [6, 6.07) is 3.77. The van der Waals surface area contributed by atoms with Crippen molar-refractivity contribution < 1.29 is 9.53 Å². The van der Waals surface area contributed by atoms with Crippen molar-refractivity contribution in [3.8, 4) is 0 Å². The molecule has 1 aromatic heterocycles. The van der Waals surface area contributed by atoms with Crippen molar-refractivity contribution in [1.29, 1.82) is 0 Å². The minimum absolute atomic E-state index is 0.0966. The average molecular weight is 305 g/mol. The van der Waals surface area contributed by atoms with E-state index in [0.717, 1.165) is 24.3 Å². The Balaban J connectivity index is 1.91. The van der Waals surface area contributed by atoms with Gasteiger partial charge in [-0.15, -0.1) is 0 Å². The molecular weight excluding hydrogens is 274 g/mol. The van der Waals surface area contributed by atoms with Crippen molar-refractivity contribution in [2.45, 2.75) is 78.2 Å². The zero-order chi connectivity index (χ0) is 16.0. The van der Waals surface area contributed by atoms with Gasteiger partial charge in [0, 0.05) is 24.4 Å². The number of pyridine rings is 1. The molecule has 0 aromatic carbocycles. The molecule has 3 heteroatoms. The van der Waals surface area contributed by atoms with Gasteiger partial charge in [-0.2, -0.15) is 0 Å². The van der Waals surface area contributed by atoms with Crippen molar-refractivity contribution in [2.75, 3.05) is 0 Å². The van der Waals surface area contributed by atoms with E-state index < -0.39 is 0 Å². The van der Waals surface area contributed by atoms with Crippen LogP contribution in [0.3, 0.4) is 0 Å². The Morgan fingerprint density at radius 2 is 1.91 bits per heavy atom. The molecule has 0 radical (unpaired) electrons. The molecule has 0 fully saturated rings. The Bertz CT molecular complexity index is 392. The van der Waals surface area contributed by atoms with Crippen LogP contribution in [0.4, 0.5) is 0 Å². The molecule has 0 bridgehead atoms. The number of hydrogen-bond acceptors (Lipinski definition) is 3. The average Bonchev–Trinajstić information content (AvgIpc) is 2.56. The topological polar surface area (TPSA) is 39.2 Å². The van der Waals surface area contributed by atoms with Gasteiger partial charge in [0.1, 0.15) is 6.61 Å². The summed E-state index contributed by atoms with van der Waals surface area (Å²) >= 11 is 0. The maximum atomic E-state index is 11.6. The molecule has 0 N–H and O–H groups in total. The van der Waals surface area contributed by atoms with Crippen LogP contribution in [0.5, 0.6) is 0 Å². The van der Waals surface area contributed by atoms with Crippen LogP contribution in [-0.4, -0.2) is 11.0 Å². The fourth-order valence-electron chi connectivity index (χ4n) is 2.39. The third kappa shape index (κ3) is 9.54. The minimum Gasteiger partial charge on any atom is -0.461 e. The van der Waals surface area contributed by atoms with Gasteiger partial charge in [0.25, 0.3) is 0 Å². The van der Waals surface area contributed by atoms with E-state index in [-0.39, 0.29) is 5.97 Å². The van der Waals surface area contributed by atoms with Gasteiger partial charge in [-0.3, -0.25) is 9.78 Å². The third-order valence-electron chi connectivity index (χ3n) is 4.15. The van der Waals surface area contributed by atoms with Crippen LogP contribution in [0, 0.1) is 5.92 Å². The molecule has 0 saturated heterocycles. The first-order valence-corrected chi connectivity index (χ1v) is 8.77. The third-order valence-corrected chi connectivity index (χ3v) is 4.15. The van der Waals surface area contributed by atoms with Crippen LogP contribution < -0.4 is 0 Å². The lowest BCUT2D eigenvalue weighted by atomic mass is 10.00. The van der Waals surface area contributed by atoms with Crippen molar-refractivity contribution >= 4 is 5.97 Å². The summed E-state index contributed by atoms with van der Waals surface area (Å²) in [5.41, 5.74) is 0.942. The van der Waals surface area contributed by atoms with Gasteiger partial charge >= 0.3 is 5.97 Å². The zero-order valence-electron chi connectivity index (χ0n) is 14.2. The number of nitrogens with zero attached hydrogens (tertiary/aromatic N) is 1. The number of carbonyl (C=O) groups is 1. The smallest absolute Gasteiger partial charge is 0.306 e. The molecule has 1 aromatic rings. The van der Waals surface area contributed by atoms with Crippen LogP contribution in [0.25, 0.3) is 0 Å². The first kappa shape index (κ1) is 18.7. The van der Waals surface area contributed by atoms with Gasteiger partial charge < -0.3 is 4.74 Å². The lowest BCUT2D eigenvalue weighted by Gasteiger charge is -2.07. The molecule has 3 nitrogen and oxygen atoms in total. The van der Waals surface area contributed by atoms with Gasteiger partial charge in [0.15, 0.2) is 0 Å². The molecule has 1 rings (SSSR count). The Hall–Kier alpha value is -1.38. The molecular formula is C19H31NO2. The number of ether oxygens (including phenoxy) is 1. The first-order valence-electron chi connectivity index (χ1n) is 8.77. The number of rotatable bonds is 12. The first-order chi connectivity index (χ1) is 10.7. The molecule has 0 aliphatic rings. The standard InChI is InChI=1S/C19H31NO2/c1-3-17(2)11-8-6-4-5-7-9-13-19(21)22-16-18-12-10-14-20-15-18/h10,12,14-15,17H,3-9,11,13,16H2,1-2H3. The van der Waals surface area contributed by atoms with E-state index in [1.165, 1.54) is 38.5 Å². The van der Waals surface area contributed by atoms with E-state index >= 15 is 0 Å². The van der Waals surface area contributed by atoms with Crippen molar-refractivity contribution in [1.82, 2.24) is 4.98 Å². The molecule has 124 valence electrons. The quantitative estimate of drug-likeness (QED) is 0.389. The summed E-state index contributed by atoms with van der Waals surface area (Å²) in [6.45, 7) is 4.93. The van der Waals surface area contributed by atoms with Gasteiger partial charge in [-0.05, 0) is 18.4 Å². The van der Waals surface area contributed by atoms with Gasteiger partial charge in [-0.25, -0.2) is 0 Å². The highest BCUT2D eigenvalue weighted by Gasteiger charge is 2.03. The molecule has 0 saturated carbocycles. The van der Waals surface area contributed by atoms with Crippen LogP contribution in [-0.2, 0) is 16.1 Å². The summed E-state index contributed by atoms with van der Waals surface area (Å²) in [4.78, 5) is 15.6. The lowest BCUT2D eigenvalue weighted by molar-refractivity contribution is -0.145. The van der Waals surface area contributed by atoms with Gasteiger partial charge in [0.2, 0.25) is 0 Å². The Labute approximate surface area is 135 Å². The number of esters is 1. The Morgan fingerprint density at radius 1 is 1.18 bits per heavy atom. The molecule has 22 heavy (non-hydrogen) atoms. The van der Waals surface area contributed by atoms with E-state index in [1.54, 1.807) is 12.4 Å². The maximum Gasteiger partial charge on any atom is 0.306 e. The predicted molar refractivity (Wildman–Crippen MR) is 90.4 cm³/mol. The summed E-state index contributed by atoms with van der Waals surface area (Å²) in [5.74, 6) is 0.773. The highest BCUT2D eigenvalue weighted by Crippen LogP contribution is 2.14. The number of hydrogen-bond donors (Lipinski definition) is 0. The second-order valence-corrected chi connectivity index (χ2v) is 6.20. The number of unbranched alkanes of at least 4 members (excludes halogenated alkanes) is 5. The molecule has 1 atom stereocenters. The van der Waals surface area contributed by atoms with Crippen LogP contribution in [0.15, 0.2) is 24.5 Å². The highest BCUT2D eigenvalue weighted by molar-refractivity contribution is 5.69. The molecule has 0 amide bonds. The fraction of sp³-hybridized carbons (Fsp3) is 0.684. The van der Waals surface area contributed by atoms with Crippen LogP contribution in [0.1, 0.15) is 77.2 Å². The second-order valence-electron chi connectivity index (χ2n) is 6.20. The summed E-state index contributed by atoms with van der Waals surface area (Å²) in [7, 11) is 0. The minimum atomic E-state index is -0.0966. The molecule has 0 spiro atoms. The van der Waals surface area contributed by atoms with Crippen molar-refractivity contribution in [3.05, 3.63) is 30.1 Å². The normalized spacial score (nSPS) is 12.1. The summed E-state index contributed by atoms with van der Waals surface area (Å²) < 4.78 is 5.23. The van der Waals surface area contributed by atoms with E-state index in [0.29, 0.717) is 13.0 Å². The number of carbonyl (C=O) groups excluding carboxylic acids is 1. The molecule has 0 aliphatic carbocycles. The highest BCUT2D eigenvalue weighted by atomic mass is 16.5. The van der Waals surface area contributed by atoms with Gasteiger partial charge in [0.05, 0.1) is 0 Å². The summed E-state index contributed by atoms with van der Waals surface area (Å²) in [5, 5.41) is 0. The Morgan fingerprint density at radius 3 is 2.59 bits per heavy atom. The second kappa shape index (κ2) is 12.2. The lowest BCUT2D eigenvalue weighted by Crippen LogP contribution is -2.04.